The molecule has 0 fully saturated rings. The summed E-state index contributed by atoms with van der Waals surface area (Å²) in [5.41, 5.74) is 8.37. The molecule has 0 N–H and O–H groups in total. The largest absolute Gasteiger partial charge is 0.192 e. The minimum atomic E-state index is 0.640. The van der Waals surface area contributed by atoms with Gasteiger partial charge >= 0.3 is 0 Å². The lowest BCUT2D eigenvalue weighted by atomic mass is 9.89. The van der Waals surface area contributed by atoms with Crippen LogP contribution in [-0.2, 0) is 0 Å². The Kier molecular flexibility index (Phi) is 5.95. The third kappa shape index (κ3) is 4.22. The average molecular weight is 532 g/mol. The van der Waals surface area contributed by atoms with Crippen molar-refractivity contribution in [1.82, 2.24) is 0 Å². The first-order valence-electron chi connectivity index (χ1n) is 13.6. The van der Waals surface area contributed by atoms with Gasteiger partial charge < -0.3 is 0 Å². The summed E-state index contributed by atoms with van der Waals surface area (Å²) in [5.74, 6) is 0. The van der Waals surface area contributed by atoms with Gasteiger partial charge in [0.05, 0.1) is 34.9 Å². The summed E-state index contributed by atoms with van der Waals surface area (Å²) in [6, 6.07) is 49.4. The van der Waals surface area contributed by atoms with E-state index in [1.54, 1.807) is 0 Å². The third-order valence-electron chi connectivity index (χ3n) is 7.97. The van der Waals surface area contributed by atoms with Gasteiger partial charge in [-0.1, -0.05) is 72.8 Å². The van der Waals surface area contributed by atoms with Crippen molar-refractivity contribution in [3.05, 3.63) is 144 Å². The molecule has 0 saturated carbocycles. The monoisotopic (exact) mass is 531 g/mol. The van der Waals surface area contributed by atoms with E-state index >= 15 is 0 Å². The molecule has 0 aromatic heterocycles. The van der Waals surface area contributed by atoms with Crippen molar-refractivity contribution in [2.45, 2.75) is 0 Å². The van der Waals surface area contributed by atoms with Gasteiger partial charge in [0.1, 0.15) is 0 Å². The van der Waals surface area contributed by atoms with Crippen molar-refractivity contribution >= 4 is 32.3 Å². The Bertz CT molecular complexity index is 2000. The van der Waals surface area contributed by atoms with Gasteiger partial charge in [0.2, 0.25) is 0 Å². The highest BCUT2D eigenvalue weighted by Crippen LogP contribution is 2.40. The number of hydrogen-bond donors (Lipinski definition) is 0. The first-order chi connectivity index (χ1) is 20.6. The van der Waals surface area contributed by atoms with Crippen molar-refractivity contribution in [3.8, 4) is 51.6 Å². The Morgan fingerprint density at radius 2 is 0.500 bits per heavy atom. The topological polar surface area (TPSA) is 71.4 Å². The zero-order chi connectivity index (χ0) is 28.6. The van der Waals surface area contributed by atoms with E-state index in [0.717, 1.165) is 65.7 Å². The maximum atomic E-state index is 9.24. The molecule has 0 spiro atoms. The average Bonchev–Trinajstić information content (AvgIpc) is 3.07. The SMILES string of the molecule is N#Cc1ccc(-c2ccc3c(c2)c2ccc(-c4ccc(C#N)cc4)cc2c2ccc(-c4ccc(C#N)cc4)cc32)cc1. The molecule has 0 aliphatic heterocycles. The first-order valence-corrected chi connectivity index (χ1v) is 13.6. The molecule has 7 aromatic carbocycles. The maximum absolute atomic E-state index is 9.24. The lowest BCUT2D eigenvalue weighted by Crippen LogP contribution is -1.88. The molecule has 0 saturated heterocycles. The highest BCUT2D eigenvalue weighted by atomic mass is 14.2. The molecule has 0 unspecified atom stereocenters. The van der Waals surface area contributed by atoms with Crippen LogP contribution >= 0.6 is 0 Å². The number of nitrogens with zero attached hydrogens (tertiary/aromatic N) is 3. The molecule has 3 heteroatoms. The van der Waals surface area contributed by atoms with Gasteiger partial charge in [-0.05, 0) is 120 Å². The van der Waals surface area contributed by atoms with Crippen LogP contribution < -0.4 is 0 Å². The van der Waals surface area contributed by atoms with E-state index in [0.29, 0.717) is 16.7 Å². The summed E-state index contributed by atoms with van der Waals surface area (Å²) in [6.07, 6.45) is 0. The Hall–Kier alpha value is -6.21. The van der Waals surface area contributed by atoms with Crippen LogP contribution in [0.3, 0.4) is 0 Å². The van der Waals surface area contributed by atoms with Crippen molar-refractivity contribution in [1.29, 1.82) is 15.8 Å². The molecule has 42 heavy (non-hydrogen) atoms. The van der Waals surface area contributed by atoms with E-state index in [9.17, 15) is 15.8 Å². The number of nitriles is 3. The smallest absolute Gasteiger partial charge is 0.0991 e. The predicted molar refractivity (Wildman–Crippen MR) is 169 cm³/mol. The molecule has 0 atom stereocenters. The highest BCUT2D eigenvalue weighted by Gasteiger charge is 2.13. The molecule has 0 heterocycles. The van der Waals surface area contributed by atoms with Crippen LogP contribution in [0, 0.1) is 34.0 Å². The Morgan fingerprint density at radius 1 is 0.262 bits per heavy atom. The van der Waals surface area contributed by atoms with Crippen LogP contribution in [0.5, 0.6) is 0 Å². The molecule has 0 bridgehead atoms. The molecule has 192 valence electrons. The minimum absolute atomic E-state index is 0.640. The zero-order valence-electron chi connectivity index (χ0n) is 22.5. The van der Waals surface area contributed by atoms with Crippen molar-refractivity contribution < 1.29 is 0 Å². The molecule has 7 aromatic rings. The highest BCUT2D eigenvalue weighted by molar-refractivity contribution is 6.26. The molecule has 0 aliphatic rings. The number of fused-ring (bicyclic) bond motifs is 6. The second kappa shape index (κ2) is 10.1. The number of benzene rings is 7. The van der Waals surface area contributed by atoms with Crippen molar-refractivity contribution in [2.75, 3.05) is 0 Å². The predicted octanol–water partition coefficient (Wildman–Crippen LogP) is 9.76. The van der Waals surface area contributed by atoms with Crippen LogP contribution in [0.2, 0.25) is 0 Å². The van der Waals surface area contributed by atoms with Crippen molar-refractivity contribution in [2.24, 2.45) is 0 Å². The van der Waals surface area contributed by atoms with Crippen LogP contribution in [0.1, 0.15) is 16.7 Å². The Balaban J connectivity index is 1.50. The van der Waals surface area contributed by atoms with Crippen LogP contribution in [-0.4, -0.2) is 0 Å². The minimum Gasteiger partial charge on any atom is -0.192 e. The Labute approximate surface area is 243 Å². The number of rotatable bonds is 3. The fourth-order valence-corrected chi connectivity index (χ4v) is 5.76. The van der Waals surface area contributed by atoms with Crippen molar-refractivity contribution in [3.63, 3.8) is 0 Å². The van der Waals surface area contributed by atoms with E-state index in [1.165, 1.54) is 0 Å². The van der Waals surface area contributed by atoms with Gasteiger partial charge in [-0.15, -0.1) is 0 Å². The summed E-state index contributed by atoms with van der Waals surface area (Å²) < 4.78 is 0. The molecule has 0 radical (unpaired) electrons. The van der Waals surface area contributed by atoms with E-state index in [1.807, 2.05) is 72.8 Å². The van der Waals surface area contributed by atoms with E-state index in [4.69, 9.17) is 0 Å². The molecule has 0 aliphatic carbocycles. The van der Waals surface area contributed by atoms with E-state index in [-0.39, 0.29) is 0 Å². The summed E-state index contributed by atoms with van der Waals surface area (Å²) in [5, 5.41) is 34.7. The normalized spacial score (nSPS) is 10.8. The van der Waals surface area contributed by atoms with E-state index in [2.05, 4.69) is 72.8 Å². The zero-order valence-corrected chi connectivity index (χ0v) is 22.5. The number of hydrogen-bond acceptors (Lipinski definition) is 3. The lowest BCUT2D eigenvalue weighted by Gasteiger charge is -2.15. The van der Waals surface area contributed by atoms with Gasteiger partial charge in [-0.2, -0.15) is 15.8 Å². The fraction of sp³-hybridized carbons (Fsp3) is 0. The van der Waals surface area contributed by atoms with Crippen LogP contribution in [0.25, 0.3) is 65.7 Å². The molecular weight excluding hydrogens is 510 g/mol. The third-order valence-corrected chi connectivity index (χ3v) is 7.97. The summed E-state index contributed by atoms with van der Waals surface area (Å²) in [6.45, 7) is 0. The van der Waals surface area contributed by atoms with E-state index < -0.39 is 0 Å². The summed E-state index contributed by atoms with van der Waals surface area (Å²) >= 11 is 0. The molecule has 0 amide bonds. The maximum Gasteiger partial charge on any atom is 0.0991 e. The first kappa shape index (κ1) is 24.8. The van der Waals surface area contributed by atoms with Gasteiger partial charge in [-0.3, -0.25) is 0 Å². The second-order valence-electron chi connectivity index (χ2n) is 10.3. The van der Waals surface area contributed by atoms with Gasteiger partial charge in [0.25, 0.3) is 0 Å². The Morgan fingerprint density at radius 3 is 0.738 bits per heavy atom. The standard InChI is InChI=1S/C39H21N3/c40-22-25-1-7-28(8-2-25)31-13-16-34-37(19-31)35-17-14-32(29-9-3-26(23-41)4-10-29)21-39(35)36-18-15-33(20-38(34)36)30-11-5-27(24-42)6-12-30/h1-21H. The van der Waals surface area contributed by atoms with Crippen LogP contribution in [0.4, 0.5) is 0 Å². The molecule has 7 rings (SSSR count). The van der Waals surface area contributed by atoms with Crippen LogP contribution in [0.15, 0.2) is 127 Å². The van der Waals surface area contributed by atoms with Gasteiger partial charge in [-0.25, -0.2) is 0 Å². The quantitative estimate of drug-likeness (QED) is 0.213. The van der Waals surface area contributed by atoms with Gasteiger partial charge in [0.15, 0.2) is 0 Å². The summed E-state index contributed by atoms with van der Waals surface area (Å²) in [7, 11) is 0. The second-order valence-corrected chi connectivity index (χ2v) is 10.3. The lowest BCUT2D eigenvalue weighted by molar-refractivity contribution is 1.48. The molecule has 3 nitrogen and oxygen atoms in total. The summed E-state index contributed by atoms with van der Waals surface area (Å²) in [4.78, 5) is 0. The fourth-order valence-electron chi connectivity index (χ4n) is 5.76. The molecular formula is C39H21N3. The van der Waals surface area contributed by atoms with Gasteiger partial charge in [0, 0.05) is 0 Å².